The fourth-order valence-electron chi connectivity index (χ4n) is 6.20. The molecule has 0 unspecified atom stereocenters. The summed E-state index contributed by atoms with van der Waals surface area (Å²) in [5.74, 6) is -0.912. The Hall–Kier alpha value is -3.26. The number of likely N-dealkylation sites (N-methyl/N-ethyl adjacent to an activating group) is 1. The maximum Gasteiger partial charge on any atom is 0.319 e. The molecule has 4 atom stereocenters. The number of aliphatic hydroxyl groups is 1. The van der Waals surface area contributed by atoms with Crippen molar-refractivity contribution in [1.29, 1.82) is 0 Å². The Morgan fingerprint density at radius 3 is 2.44 bits per heavy atom. The van der Waals surface area contributed by atoms with E-state index in [0.29, 0.717) is 30.9 Å². The molecule has 1 aliphatic carbocycles. The van der Waals surface area contributed by atoms with Gasteiger partial charge in [-0.1, -0.05) is 26.2 Å². The van der Waals surface area contributed by atoms with Crippen LogP contribution in [-0.4, -0.2) is 92.3 Å². The van der Waals surface area contributed by atoms with Gasteiger partial charge in [-0.25, -0.2) is 17.6 Å². The number of benzene rings is 2. The van der Waals surface area contributed by atoms with Crippen molar-refractivity contribution in [3.8, 4) is 5.75 Å². The topological polar surface area (TPSA) is 138 Å². The minimum Gasteiger partial charge on any atom is -0.490 e. The van der Waals surface area contributed by atoms with Crippen molar-refractivity contribution < 1.29 is 37.0 Å². The summed E-state index contributed by atoms with van der Waals surface area (Å²) in [4.78, 5) is 28.7. The number of halogens is 1. The Bertz CT molecular complexity index is 1470. The maximum absolute atomic E-state index is 14.3. The molecule has 2 aromatic rings. The number of carbonyl (C=O) groups excluding carboxylic acids is 2. The maximum atomic E-state index is 14.3. The van der Waals surface area contributed by atoms with Gasteiger partial charge in [0.25, 0.3) is 5.91 Å². The molecular weight excluding hydrogens is 639 g/mol. The van der Waals surface area contributed by atoms with Crippen LogP contribution in [0.5, 0.6) is 5.75 Å². The number of hydrogen-bond acceptors (Lipinski definition) is 7. The van der Waals surface area contributed by atoms with Crippen LogP contribution >= 0.6 is 0 Å². The third-order valence-electron chi connectivity index (χ3n) is 9.21. The van der Waals surface area contributed by atoms with Crippen LogP contribution in [0.1, 0.15) is 82.5 Å². The van der Waals surface area contributed by atoms with Crippen molar-refractivity contribution in [2.75, 3.05) is 38.7 Å². The summed E-state index contributed by atoms with van der Waals surface area (Å²) in [5.41, 5.74) is 0.682. The van der Waals surface area contributed by atoms with Crippen LogP contribution in [0.2, 0.25) is 0 Å². The van der Waals surface area contributed by atoms with Gasteiger partial charge in [-0.3, -0.25) is 4.79 Å². The number of carbonyl (C=O) groups is 2. The Morgan fingerprint density at radius 2 is 1.75 bits per heavy atom. The Morgan fingerprint density at radius 1 is 1.06 bits per heavy atom. The highest BCUT2D eigenvalue weighted by Gasteiger charge is 2.32. The zero-order valence-corrected chi connectivity index (χ0v) is 29.3. The van der Waals surface area contributed by atoms with E-state index in [1.807, 2.05) is 13.8 Å². The number of amides is 3. The van der Waals surface area contributed by atoms with Crippen LogP contribution in [0.3, 0.4) is 0 Å². The lowest BCUT2D eigenvalue weighted by molar-refractivity contribution is -0.00834. The van der Waals surface area contributed by atoms with Gasteiger partial charge in [0, 0.05) is 44.4 Å². The molecule has 0 aromatic heterocycles. The number of sulfonamides is 1. The summed E-state index contributed by atoms with van der Waals surface area (Å²) in [7, 11) is -2.49. The van der Waals surface area contributed by atoms with E-state index >= 15 is 0 Å². The van der Waals surface area contributed by atoms with Gasteiger partial charge >= 0.3 is 6.03 Å². The summed E-state index contributed by atoms with van der Waals surface area (Å²) in [6, 6.07) is 8.87. The Kier molecular flexibility index (Phi) is 13.6. The number of nitrogens with zero attached hydrogens (tertiary/aromatic N) is 2. The molecule has 1 fully saturated rings. The number of nitrogens with one attached hydrogen (secondary N) is 2. The van der Waals surface area contributed by atoms with Gasteiger partial charge in [0.1, 0.15) is 11.6 Å². The van der Waals surface area contributed by atoms with E-state index in [4.69, 9.17) is 9.47 Å². The van der Waals surface area contributed by atoms with E-state index < -0.39 is 33.9 Å². The molecule has 0 bridgehead atoms. The minimum absolute atomic E-state index is 0.00329. The third-order valence-corrected chi connectivity index (χ3v) is 11.0. The largest absolute Gasteiger partial charge is 0.490 e. The number of aliphatic hydroxyl groups excluding tert-OH is 1. The monoisotopic (exact) mass is 690 g/mol. The number of hydrogen-bond donors (Lipinski definition) is 3. The van der Waals surface area contributed by atoms with Crippen molar-refractivity contribution in [1.82, 2.24) is 14.5 Å². The van der Waals surface area contributed by atoms with Gasteiger partial charge in [0.15, 0.2) is 0 Å². The van der Waals surface area contributed by atoms with Crippen LogP contribution in [0.15, 0.2) is 47.4 Å². The fraction of sp³-hybridized carbons (Fsp3) is 0.600. The van der Waals surface area contributed by atoms with Gasteiger partial charge in [0.05, 0.1) is 35.3 Å². The normalized spacial score (nSPS) is 22.7. The zero-order valence-electron chi connectivity index (χ0n) is 28.5. The second-order valence-electron chi connectivity index (χ2n) is 13.2. The van der Waals surface area contributed by atoms with E-state index in [1.165, 1.54) is 29.9 Å². The smallest absolute Gasteiger partial charge is 0.319 e. The number of anilines is 1. The highest BCUT2D eigenvalue weighted by Crippen LogP contribution is 2.29. The minimum atomic E-state index is -3.95. The van der Waals surface area contributed by atoms with Crippen LogP contribution in [0.25, 0.3) is 0 Å². The SMILES string of the molecule is C[C@@H]1CCCCO[C@H](CN(C)S(=O)(=O)c2ccc(F)cc2)[C@@H](C)CN([C@H](C)CO)C(=O)c2cc(NC(=O)NC3CCCCC3)ccc2O1. The van der Waals surface area contributed by atoms with E-state index in [1.54, 1.807) is 30.0 Å². The molecule has 4 rings (SSSR count). The second-order valence-corrected chi connectivity index (χ2v) is 15.2. The molecule has 3 amide bonds. The van der Waals surface area contributed by atoms with Gasteiger partial charge < -0.3 is 30.1 Å². The fourth-order valence-corrected chi connectivity index (χ4v) is 7.38. The first-order chi connectivity index (χ1) is 22.9. The molecule has 0 spiro atoms. The molecule has 2 aliphatic rings. The van der Waals surface area contributed by atoms with E-state index in [-0.39, 0.29) is 54.3 Å². The summed E-state index contributed by atoms with van der Waals surface area (Å²) in [5, 5.41) is 16.1. The molecule has 11 nitrogen and oxygen atoms in total. The van der Waals surface area contributed by atoms with E-state index in [0.717, 1.165) is 44.2 Å². The molecule has 1 aliphatic heterocycles. The lowest BCUT2D eigenvalue weighted by atomic mass is 9.96. The number of fused-ring (bicyclic) bond motifs is 1. The van der Waals surface area contributed by atoms with Gasteiger partial charge in [-0.2, -0.15) is 4.31 Å². The predicted molar refractivity (Wildman–Crippen MR) is 182 cm³/mol. The van der Waals surface area contributed by atoms with Gasteiger partial charge in [0.2, 0.25) is 10.0 Å². The van der Waals surface area contributed by atoms with Crippen LogP contribution in [0, 0.1) is 11.7 Å². The second kappa shape index (κ2) is 17.4. The first-order valence-electron chi connectivity index (χ1n) is 17.0. The summed E-state index contributed by atoms with van der Waals surface area (Å²) < 4.78 is 53.9. The lowest BCUT2D eigenvalue weighted by Gasteiger charge is -2.35. The van der Waals surface area contributed by atoms with Gasteiger partial charge in [-0.05, 0) is 88.4 Å². The Balaban J connectivity index is 1.60. The first-order valence-corrected chi connectivity index (χ1v) is 18.5. The van der Waals surface area contributed by atoms with Crippen molar-refractivity contribution in [2.24, 2.45) is 5.92 Å². The van der Waals surface area contributed by atoms with Crippen molar-refractivity contribution in [3.05, 3.63) is 53.8 Å². The van der Waals surface area contributed by atoms with Gasteiger partial charge in [-0.15, -0.1) is 0 Å². The van der Waals surface area contributed by atoms with E-state index in [2.05, 4.69) is 10.6 Å². The standard InChI is InChI=1S/C35H51FN4O7S/c1-24-21-40(25(2)23-41)34(42)31-20-29(38-35(43)37-28-11-6-5-7-12-28)15-18-32(31)47-26(3)10-8-9-19-46-33(24)22-39(4)48(44,45)30-16-13-27(36)14-17-30/h13-18,20,24-26,28,33,41H,5-12,19,21-23H2,1-4H3,(H2,37,38,43)/t24-,25+,26+,33+/m0/s1. The van der Waals surface area contributed by atoms with Crippen LogP contribution in [0.4, 0.5) is 14.9 Å². The predicted octanol–water partition coefficient (Wildman–Crippen LogP) is 5.40. The Labute approximate surface area is 284 Å². The summed E-state index contributed by atoms with van der Waals surface area (Å²) in [6.07, 6.45) is 6.57. The molecule has 1 saturated carbocycles. The average Bonchev–Trinajstić information content (AvgIpc) is 3.06. The van der Waals surface area contributed by atoms with Crippen LogP contribution < -0.4 is 15.4 Å². The van der Waals surface area contributed by atoms with Crippen molar-refractivity contribution >= 4 is 27.6 Å². The molecule has 48 heavy (non-hydrogen) atoms. The quantitative estimate of drug-likeness (QED) is 0.338. The summed E-state index contributed by atoms with van der Waals surface area (Å²) in [6.45, 7) is 5.76. The number of ether oxygens (including phenoxy) is 2. The molecular formula is C35H51FN4O7S. The zero-order chi connectivity index (χ0) is 34.8. The number of urea groups is 1. The van der Waals surface area contributed by atoms with Crippen molar-refractivity contribution in [3.63, 3.8) is 0 Å². The third kappa shape index (κ3) is 10.1. The van der Waals surface area contributed by atoms with Crippen LogP contribution in [-0.2, 0) is 14.8 Å². The molecule has 13 heteroatoms. The molecule has 1 heterocycles. The van der Waals surface area contributed by atoms with E-state index in [9.17, 15) is 27.5 Å². The highest BCUT2D eigenvalue weighted by atomic mass is 32.2. The summed E-state index contributed by atoms with van der Waals surface area (Å²) >= 11 is 0. The first kappa shape index (κ1) is 37.6. The lowest BCUT2D eigenvalue weighted by Crippen LogP contribution is -2.48. The molecule has 2 aromatic carbocycles. The van der Waals surface area contributed by atoms with Crippen molar-refractivity contribution in [2.45, 2.75) is 101 Å². The molecule has 3 N–H and O–H groups in total. The highest BCUT2D eigenvalue weighted by molar-refractivity contribution is 7.89. The molecule has 0 saturated heterocycles. The molecule has 0 radical (unpaired) electrons. The average molecular weight is 691 g/mol. The number of rotatable bonds is 8. The molecule has 266 valence electrons.